The Morgan fingerprint density at radius 3 is 1.75 bits per heavy atom. The van der Waals surface area contributed by atoms with Crippen LogP contribution in [0, 0.1) is 5.92 Å². The van der Waals surface area contributed by atoms with Crippen LogP contribution in [-0.4, -0.2) is 62.4 Å². The Bertz CT molecular complexity index is 506. The molecule has 13 heteroatoms. The number of hydrogen-bond acceptors (Lipinski definition) is 4. The lowest BCUT2D eigenvalue weighted by atomic mass is 9.84. The molecule has 0 saturated carbocycles. The summed E-state index contributed by atoms with van der Waals surface area (Å²) in [5.74, 6) is -25.4. The van der Waals surface area contributed by atoms with Crippen LogP contribution in [0.1, 0.15) is 27.2 Å². The molecule has 0 aliphatic carbocycles. The van der Waals surface area contributed by atoms with Gasteiger partial charge in [0.2, 0.25) is 12.1 Å². The molecular weight excluding hydrogens is 415 g/mol. The maximum atomic E-state index is 14.6. The average Bonchev–Trinajstić information content (AvgIpc) is 2.99. The lowest BCUT2D eigenvalue weighted by molar-refractivity contribution is -0.427. The van der Waals surface area contributed by atoms with Crippen LogP contribution in [0.5, 0.6) is 0 Å². The van der Waals surface area contributed by atoms with Gasteiger partial charge in [-0.1, -0.05) is 0 Å². The molecule has 4 nitrogen and oxygen atoms in total. The van der Waals surface area contributed by atoms with E-state index in [-0.39, 0.29) is 13.2 Å². The van der Waals surface area contributed by atoms with Crippen molar-refractivity contribution in [3.8, 4) is 0 Å². The number of halogens is 9. The predicted molar refractivity (Wildman–Crippen MR) is 76.4 cm³/mol. The molecule has 0 aromatic carbocycles. The quantitative estimate of drug-likeness (QED) is 0.370. The smallest absolute Gasteiger partial charge is 0.348 e. The number of alkyl halides is 9. The molecule has 1 saturated heterocycles. The van der Waals surface area contributed by atoms with Gasteiger partial charge < -0.3 is 18.9 Å². The van der Waals surface area contributed by atoms with Gasteiger partial charge in [-0.15, -0.1) is 0 Å². The Hall–Kier alpha value is -0.790. The van der Waals surface area contributed by atoms with Crippen molar-refractivity contribution in [3.63, 3.8) is 0 Å². The Morgan fingerprint density at radius 2 is 1.36 bits per heavy atom. The summed E-state index contributed by atoms with van der Waals surface area (Å²) in [7, 11) is 0. The first-order valence-corrected chi connectivity index (χ1v) is 8.38. The molecule has 2 atom stereocenters. The van der Waals surface area contributed by atoms with E-state index in [9.17, 15) is 39.5 Å². The summed E-state index contributed by atoms with van der Waals surface area (Å²) in [6.45, 7) is 2.54. The highest BCUT2D eigenvalue weighted by molar-refractivity contribution is 5.08. The zero-order chi connectivity index (χ0) is 22.0. The second-order valence-corrected chi connectivity index (χ2v) is 5.86. The molecule has 1 aliphatic rings. The van der Waals surface area contributed by atoms with Crippen molar-refractivity contribution in [2.24, 2.45) is 5.92 Å². The zero-order valence-corrected chi connectivity index (χ0v) is 15.2. The van der Waals surface area contributed by atoms with Crippen LogP contribution >= 0.6 is 0 Å². The maximum Gasteiger partial charge on any atom is 0.460 e. The van der Waals surface area contributed by atoms with Crippen LogP contribution in [-0.2, 0) is 18.9 Å². The van der Waals surface area contributed by atoms with E-state index < -0.39 is 61.6 Å². The van der Waals surface area contributed by atoms with Crippen LogP contribution in [0.25, 0.3) is 0 Å². The van der Waals surface area contributed by atoms with E-state index >= 15 is 0 Å². The molecule has 28 heavy (non-hydrogen) atoms. The minimum atomic E-state index is -7.00. The standard InChI is InChI=1S/C15H21F9O4/c1-4-25-10(26-5-2)11(27-6-3)9(7-8-28-11)12(16,17)13(18,19)14(20,21)15(22,23)24/h9-10H,4-8H2,1-3H3. The van der Waals surface area contributed by atoms with E-state index in [4.69, 9.17) is 18.9 Å². The Kier molecular flexibility index (Phi) is 7.68. The lowest BCUT2D eigenvalue weighted by Crippen LogP contribution is -2.67. The van der Waals surface area contributed by atoms with Gasteiger partial charge in [0, 0.05) is 19.8 Å². The molecule has 0 radical (unpaired) electrons. The van der Waals surface area contributed by atoms with Gasteiger partial charge >= 0.3 is 23.9 Å². The van der Waals surface area contributed by atoms with Crippen LogP contribution in [0.15, 0.2) is 0 Å². The average molecular weight is 436 g/mol. The first kappa shape index (κ1) is 25.2. The Labute approximate surface area is 155 Å². The Morgan fingerprint density at radius 1 is 0.857 bits per heavy atom. The third-order valence-corrected chi connectivity index (χ3v) is 4.16. The topological polar surface area (TPSA) is 36.9 Å². The highest BCUT2D eigenvalue weighted by Crippen LogP contribution is 2.59. The molecule has 1 heterocycles. The van der Waals surface area contributed by atoms with Gasteiger partial charge in [0.25, 0.3) is 0 Å². The van der Waals surface area contributed by atoms with Crippen LogP contribution in [0.2, 0.25) is 0 Å². The molecule has 1 aliphatic heterocycles. The highest BCUT2D eigenvalue weighted by Gasteiger charge is 2.85. The summed E-state index contributed by atoms with van der Waals surface area (Å²) in [5.41, 5.74) is 0. The van der Waals surface area contributed by atoms with E-state index in [2.05, 4.69) is 0 Å². The van der Waals surface area contributed by atoms with Crippen molar-refractivity contribution in [1.82, 2.24) is 0 Å². The van der Waals surface area contributed by atoms with E-state index in [1.54, 1.807) is 0 Å². The highest BCUT2D eigenvalue weighted by atomic mass is 19.4. The van der Waals surface area contributed by atoms with Gasteiger partial charge in [0.1, 0.15) is 0 Å². The van der Waals surface area contributed by atoms with Crippen molar-refractivity contribution in [3.05, 3.63) is 0 Å². The summed E-state index contributed by atoms with van der Waals surface area (Å²) in [6.07, 6.45) is -9.77. The van der Waals surface area contributed by atoms with Gasteiger partial charge in [-0.2, -0.15) is 39.5 Å². The van der Waals surface area contributed by atoms with Gasteiger partial charge in [-0.05, 0) is 27.2 Å². The molecule has 0 aromatic heterocycles. The van der Waals surface area contributed by atoms with Gasteiger partial charge in [0.05, 0.1) is 12.5 Å². The van der Waals surface area contributed by atoms with Gasteiger partial charge in [-0.3, -0.25) is 0 Å². The van der Waals surface area contributed by atoms with Crippen molar-refractivity contribution in [2.45, 2.75) is 63.2 Å². The third kappa shape index (κ3) is 3.94. The third-order valence-electron chi connectivity index (χ3n) is 4.16. The van der Waals surface area contributed by atoms with Crippen molar-refractivity contribution >= 4 is 0 Å². The molecule has 0 aromatic rings. The SMILES string of the molecule is CCOC(OCC)C1(OCC)OCCC1C(F)(F)C(F)(F)C(F)(F)C(F)(F)F. The summed E-state index contributed by atoms with van der Waals surface area (Å²) in [4.78, 5) is 0. The first-order chi connectivity index (χ1) is 12.7. The largest absolute Gasteiger partial charge is 0.460 e. The fraction of sp³-hybridized carbons (Fsp3) is 1.00. The molecule has 0 N–H and O–H groups in total. The van der Waals surface area contributed by atoms with Crippen LogP contribution in [0.4, 0.5) is 39.5 Å². The summed E-state index contributed by atoms with van der Waals surface area (Å²) in [6, 6.07) is 0. The maximum absolute atomic E-state index is 14.6. The second-order valence-electron chi connectivity index (χ2n) is 5.86. The molecular formula is C15H21F9O4. The number of rotatable bonds is 10. The molecule has 1 rings (SSSR count). The van der Waals surface area contributed by atoms with E-state index in [0.29, 0.717) is 0 Å². The molecule has 168 valence electrons. The van der Waals surface area contributed by atoms with Crippen LogP contribution < -0.4 is 0 Å². The first-order valence-electron chi connectivity index (χ1n) is 8.38. The zero-order valence-electron chi connectivity index (χ0n) is 15.2. The number of hydrogen-bond donors (Lipinski definition) is 0. The predicted octanol–water partition coefficient (Wildman–Crippen LogP) is 4.62. The lowest BCUT2D eigenvalue weighted by Gasteiger charge is -2.44. The molecule has 2 unspecified atom stereocenters. The fourth-order valence-corrected chi connectivity index (χ4v) is 2.93. The normalized spacial score (nSPS) is 25.0. The van der Waals surface area contributed by atoms with Gasteiger partial charge in [0.15, 0.2) is 0 Å². The van der Waals surface area contributed by atoms with E-state index in [1.807, 2.05) is 0 Å². The minimum Gasteiger partial charge on any atom is -0.348 e. The van der Waals surface area contributed by atoms with Crippen molar-refractivity contribution < 1.29 is 58.5 Å². The molecule has 1 fully saturated rings. The minimum absolute atomic E-state index is 0.198. The molecule has 0 amide bonds. The summed E-state index contributed by atoms with van der Waals surface area (Å²) in [5, 5.41) is 0. The van der Waals surface area contributed by atoms with Gasteiger partial charge in [-0.25, -0.2) is 0 Å². The fourth-order valence-electron chi connectivity index (χ4n) is 2.93. The summed E-state index contributed by atoms with van der Waals surface area (Å²) < 4.78 is 141. The molecule has 0 spiro atoms. The van der Waals surface area contributed by atoms with Crippen molar-refractivity contribution in [2.75, 3.05) is 26.4 Å². The van der Waals surface area contributed by atoms with Crippen LogP contribution in [0.3, 0.4) is 0 Å². The van der Waals surface area contributed by atoms with Crippen molar-refractivity contribution in [1.29, 1.82) is 0 Å². The second kappa shape index (κ2) is 8.52. The van der Waals surface area contributed by atoms with E-state index in [0.717, 1.165) is 0 Å². The molecule has 0 bridgehead atoms. The number of ether oxygens (including phenoxy) is 4. The summed E-state index contributed by atoms with van der Waals surface area (Å²) >= 11 is 0. The monoisotopic (exact) mass is 436 g/mol. The van der Waals surface area contributed by atoms with E-state index in [1.165, 1.54) is 20.8 Å². The Balaban J connectivity index is 3.50.